The molecule has 0 fully saturated rings. The summed E-state index contributed by atoms with van der Waals surface area (Å²) >= 11 is 0. The summed E-state index contributed by atoms with van der Waals surface area (Å²) in [6.07, 6.45) is 0.538. The molecule has 1 aromatic heterocycles. The van der Waals surface area contributed by atoms with Gasteiger partial charge in [0.25, 0.3) is 5.56 Å². The van der Waals surface area contributed by atoms with E-state index >= 15 is 0 Å². The topological polar surface area (TPSA) is 90.7 Å². The van der Waals surface area contributed by atoms with E-state index in [-0.39, 0.29) is 23.7 Å². The minimum Gasteiger partial charge on any atom is -0.493 e. The van der Waals surface area contributed by atoms with E-state index in [1.807, 2.05) is 61.5 Å². The minimum atomic E-state index is -0.470. The molecule has 0 radical (unpaired) electrons. The Hall–Kier alpha value is -3.72. The summed E-state index contributed by atoms with van der Waals surface area (Å²) in [6, 6.07) is 19.0. The molecule has 0 spiro atoms. The summed E-state index contributed by atoms with van der Waals surface area (Å²) in [4.78, 5) is 12.9. The molecule has 0 aliphatic carbocycles. The van der Waals surface area contributed by atoms with Crippen LogP contribution in [-0.2, 0) is 13.0 Å². The second kappa shape index (κ2) is 8.31. The van der Waals surface area contributed by atoms with Crippen molar-refractivity contribution in [3.8, 4) is 11.9 Å². The van der Waals surface area contributed by atoms with Crippen molar-refractivity contribution in [2.45, 2.75) is 26.8 Å². The maximum Gasteiger partial charge on any atom is 0.281 e. The van der Waals surface area contributed by atoms with Crippen LogP contribution in [0.25, 0.3) is 0 Å². The van der Waals surface area contributed by atoms with Gasteiger partial charge in [0.15, 0.2) is 5.69 Å². The third-order valence-electron chi connectivity index (χ3n) is 4.61. The number of rotatable bonds is 5. The van der Waals surface area contributed by atoms with Gasteiger partial charge >= 0.3 is 0 Å². The van der Waals surface area contributed by atoms with Crippen LogP contribution < -0.4 is 5.56 Å². The van der Waals surface area contributed by atoms with Crippen LogP contribution in [0, 0.1) is 25.2 Å². The van der Waals surface area contributed by atoms with E-state index in [1.165, 1.54) is 4.57 Å². The van der Waals surface area contributed by atoms with Crippen molar-refractivity contribution in [3.05, 3.63) is 87.2 Å². The van der Waals surface area contributed by atoms with Crippen molar-refractivity contribution in [2.75, 3.05) is 0 Å². The lowest BCUT2D eigenvalue weighted by Crippen LogP contribution is -2.22. The van der Waals surface area contributed by atoms with Crippen LogP contribution in [0.4, 0.5) is 11.4 Å². The van der Waals surface area contributed by atoms with Crippen LogP contribution in [0.5, 0.6) is 5.88 Å². The summed E-state index contributed by atoms with van der Waals surface area (Å²) in [6.45, 7) is 3.72. The molecule has 0 amide bonds. The van der Waals surface area contributed by atoms with Crippen molar-refractivity contribution < 1.29 is 5.11 Å². The lowest BCUT2D eigenvalue weighted by Gasteiger charge is -2.13. The van der Waals surface area contributed by atoms with Crippen molar-refractivity contribution >= 4 is 11.4 Å². The number of pyridine rings is 1. The quantitative estimate of drug-likeness (QED) is 0.658. The molecule has 0 aliphatic heterocycles. The molecular formula is C22H20N4O2. The van der Waals surface area contributed by atoms with Gasteiger partial charge in [0, 0.05) is 12.1 Å². The Kier molecular flexibility index (Phi) is 5.66. The molecule has 1 heterocycles. The SMILES string of the molecule is Cc1ccccc1N=Nc1c(C)c(C#N)c(O)n(CCc2ccccc2)c1=O. The maximum absolute atomic E-state index is 12.9. The van der Waals surface area contributed by atoms with E-state index in [0.29, 0.717) is 17.7 Å². The van der Waals surface area contributed by atoms with Gasteiger partial charge in [-0.1, -0.05) is 48.5 Å². The fraction of sp³-hybridized carbons (Fsp3) is 0.182. The highest BCUT2D eigenvalue weighted by Gasteiger charge is 2.19. The fourth-order valence-corrected chi connectivity index (χ4v) is 2.93. The molecule has 2 aromatic carbocycles. The third-order valence-corrected chi connectivity index (χ3v) is 4.61. The van der Waals surface area contributed by atoms with Crippen LogP contribution in [0.15, 0.2) is 69.6 Å². The molecule has 28 heavy (non-hydrogen) atoms. The summed E-state index contributed by atoms with van der Waals surface area (Å²) in [7, 11) is 0. The van der Waals surface area contributed by atoms with Crippen molar-refractivity contribution in [3.63, 3.8) is 0 Å². The highest BCUT2D eigenvalue weighted by molar-refractivity contribution is 5.57. The Bertz CT molecular complexity index is 1130. The molecule has 1 N–H and O–H groups in total. The highest BCUT2D eigenvalue weighted by atomic mass is 16.3. The number of aryl methyl sites for hydroxylation is 2. The van der Waals surface area contributed by atoms with Gasteiger partial charge in [-0.05, 0) is 37.5 Å². The third kappa shape index (κ3) is 3.84. The van der Waals surface area contributed by atoms with Gasteiger partial charge in [-0.25, -0.2) is 0 Å². The number of nitriles is 1. The predicted octanol–water partition coefficient (Wildman–Crippen LogP) is 4.70. The monoisotopic (exact) mass is 372 g/mol. The van der Waals surface area contributed by atoms with Crippen LogP contribution in [0.1, 0.15) is 22.3 Å². The molecule has 0 atom stereocenters. The largest absolute Gasteiger partial charge is 0.493 e. The minimum absolute atomic E-state index is 0.0337. The Balaban J connectivity index is 2.04. The Labute approximate surface area is 163 Å². The van der Waals surface area contributed by atoms with E-state index in [1.54, 1.807) is 13.0 Å². The average Bonchev–Trinajstić information content (AvgIpc) is 2.70. The molecule has 0 saturated carbocycles. The van der Waals surface area contributed by atoms with Crippen molar-refractivity contribution in [1.82, 2.24) is 4.57 Å². The normalized spacial score (nSPS) is 10.9. The number of aromatic hydroxyl groups is 1. The molecular weight excluding hydrogens is 352 g/mol. The lowest BCUT2D eigenvalue weighted by molar-refractivity contribution is 0.404. The van der Waals surface area contributed by atoms with Crippen LogP contribution in [0.2, 0.25) is 0 Å². The number of azo groups is 1. The van der Waals surface area contributed by atoms with Gasteiger partial charge in [-0.2, -0.15) is 10.4 Å². The van der Waals surface area contributed by atoms with Crippen LogP contribution in [-0.4, -0.2) is 9.67 Å². The smallest absolute Gasteiger partial charge is 0.281 e. The second-order valence-electron chi connectivity index (χ2n) is 6.46. The Morgan fingerprint density at radius 2 is 1.71 bits per heavy atom. The first-order valence-electron chi connectivity index (χ1n) is 8.90. The zero-order chi connectivity index (χ0) is 20.1. The molecule has 0 bridgehead atoms. The molecule has 3 aromatic rings. The lowest BCUT2D eigenvalue weighted by atomic mass is 10.1. The zero-order valence-corrected chi connectivity index (χ0v) is 15.8. The maximum atomic E-state index is 12.9. The van der Waals surface area contributed by atoms with Gasteiger partial charge in [0.05, 0.1) is 5.69 Å². The van der Waals surface area contributed by atoms with E-state index in [4.69, 9.17) is 0 Å². The van der Waals surface area contributed by atoms with Gasteiger partial charge in [0.1, 0.15) is 11.6 Å². The van der Waals surface area contributed by atoms with Crippen molar-refractivity contribution in [1.29, 1.82) is 5.26 Å². The van der Waals surface area contributed by atoms with Gasteiger partial charge in [-0.3, -0.25) is 9.36 Å². The average molecular weight is 372 g/mol. The van der Waals surface area contributed by atoms with E-state index in [9.17, 15) is 15.2 Å². The standard InChI is InChI=1S/C22H20N4O2/c1-15-8-6-7-11-19(15)24-25-20-16(2)18(14-23)21(27)26(22(20)28)13-12-17-9-4-3-5-10-17/h3-11,27H,12-13H2,1-2H3. The number of hydrogen-bond acceptors (Lipinski definition) is 5. The molecule has 140 valence electrons. The van der Waals surface area contributed by atoms with Crippen LogP contribution >= 0.6 is 0 Å². The number of benzene rings is 2. The van der Waals surface area contributed by atoms with Gasteiger partial charge in [-0.15, -0.1) is 5.11 Å². The Morgan fingerprint density at radius 1 is 1.04 bits per heavy atom. The van der Waals surface area contributed by atoms with Gasteiger partial charge in [0.2, 0.25) is 5.88 Å². The van der Waals surface area contributed by atoms with Gasteiger partial charge < -0.3 is 5.11 Å². The molecule has 0 aliphatic rings. The second-order valence-corrected chi connectivity index (χ2v) is 6.46. The van der Waals surface area contributed by atoms with E-state index in [2.05, 4.69) is 10.2 Å². The zero-order valence-electron chi connectivity index (χ0n) is 15.8. The predicted molar refractivity (Wildman–Crippen MR) is 107 cm³/mol. The summed E-state index contributed by atoms with van der Waals surface area (Å²) in [5.41, 5.74) is 2.53. The molecule has 0 unspecified atom stereocenters. The first-order chi connectivity index (χ1) is 13.5. The number of aromatic nitrogens is 1. The first kappa shape index (κ1) is 19.1. The fourth-order valence-electron chi connectivity index (χ4n) is 2.93. The highest BCUT2D eigenvalue weighted by Crippen LogP contribution is 2.27. The van der Waals surface area contributed by atoms with E-state index in [0.717, 1.165) is 11.1 Å². The molecule has 0 saturated heterocycles. The summed E-state index contributed by atoms with van der Waals surface area (Å²) in [5, 5.41) is 28.2. The molecule has 3 rings (SSSR count). The first-order valence-corrected chi connectivity index (χ1v) is 8.90. The van der Waals surface area contributed by atoms with Crippen molar-refractivity contribution in [2.24, 2.45) is 10.2 Å². The number of hydrogen-bond donors (Lipinski definition) is 1. The molecule has 6 heteroatoms. The van der Waals surface area contributed by atoms with Crippen LogP contribution in [0.3, 0.4) is 0 Å². The molecule has 6 nitrogen and oxygen atoms in total. The Morgan fingerprint density at radius 3 is 2.39 bits per heavy atom. The summed E-state index contributed by atoms with van der Waals surface area (Å²) < 4.78 is 1.19. The van der Waals surface area contributed by atoms with E-state index < -0.39 is 5.56 Å². The number of nitrogens with zero attached hydrogens (tertiary/aromatic N) is 4. The summed E-state index contributed by atoms with van der Waals surface area (Å²) in [5.74, 6) is -0.337.